The molecule has 2 rings (SSSR count). The van der Waals surface area contributed by atoms with Crippen molar-refractivity contribution >= 4 is 6.08 Å². The van der Waals surface area contributed by atoms with Gasteiger partial charge in [0.2, 0.25) is 0 Å². The maximum atomic E-state index is 3.38. The van der Waals surface area contributed by atoms with Crippen molar-refractivity contribution in [3.63, 3.8) is 0 Å². The quantitative estimate of drug-likeness (QED) is 0.750. The Labute approximate surface area is 85.8 Å². The van der Waals surface area contributed by atoms with Crippen molar-refractivity contribution in [2.24, 2.45) is 5.92 Å². The molecule has 1 aliphatic rings. The predicted octanol–water partition coefficient (Wildman–Crippen LogP) is 2.70. The van der Waals surface area contributed by atoms with E-state index in [4.69, 9.17) is 0 Å². The molecule has 0 bridgehead atoms. The maximum Gasteiger partial charge on any atom is -0.00433 e. The molecule has 1 saturated heterocycles. The van der Waals surface area contributed by atoms with Crippen LogP contribution in [0.2, 0.25) is 0 Å². The van der Waals surface area contributed by atoms with Crippen LogP contribution in [0.5, 0.6) is 0 Å². The van der Waals surface area contributed by atoms with E-state index in [-0.39, 0.29) is 0 Å². The second kappa shape index (κ2) is 4.97. The van der Waals surface area contributed by atoms with Crippen molar-refractivity contribution < 1.29 is 0 Å². The Morgan fingerprint density at radius 3 is 2.50 bits per heavy atom. The lowest BCUT2D eigenvalue weighted by Crippen LogP contribution is -2.26. The first kappa shape index (κ1) is 9.47. The molecule has 1 heterocycles. The molecule has 74 valence electrons. The number of nitrogens with one attached hydrogen (secondary N) is 1. The Morgan fingerprint density at radius 1 is 1.07 bits per heavy atom. The number of rotatable bonds is 2. The van der Waals surface area contributed by atoms with Crippen LogP contribution in [0.4, 0.5) is 0 Å². The highest BCUT2D eigenvalue weighted by atomic mass is 14.9. The fourth-order valence-corrected chi connectivity index (χ4v) is 1.85. The number of piperidine rings is 1. The average Bonchev–Trinajstić information content (AvgIpc) is 2.29. The van der Waals surface area contributed by atoms with Gasteiger partial charge in [0, 0.05) is 0 Å². The van der Waals surface area contributed by atoms with E-state index < -0.39 is 0 Å². The monoisotopic (exact) mass is 187 g/mol. The minimum atomic E-state index is 0.774. The Morgan fingerprint density at radius 2 is 1.79 bits per heavy atom. The third-order valence-corrected chi connectivity index (χ3v) is 2.74. The lowest BCUT2D eigenvalue weighted by atomic mass is 9.97. The number of benzene rings is 1. The first-order chi connectivity index (χ1) is 6.95. The van der Waals surface area contributed by atoms with Gasteiger partial charge in [0.15, 0.2) is 0 Å². The summed E-state index contributed by atoms with van der Waals surface area (Å²) in [5, 5.41) is 3.38. The molecule has 1 aromatic carbocycles. The number of hydrogen-bond donors (Lipinski definition) is 1. The second-order valence-corrected chi connectivity index (χ2v) is 3.86. The lowest BCUT2D eigenvalue weighted by Gasteiger charge is -2.19. The Hall–Kier alpha value is -1.08. The van der Waals surface area contributed by atoms with Crippen molar-refractivity contribution in [1.82, 2.24) is 5.32 Å². The number of allylic oxidation sites excluding steroid dienone is 1. The third-order valence-electron chi connectivity index (χ3n) is 2.74. The first-order valence-corrected chi connectivity index (χ1v) is 5.39. The summed E-state index contributed by atoms with van der Waals surface area (Å²) in [4.78, 5) is 0. The zero-order valence-corrected chi connectivity index (χ0v) is 8.45. The second-order valence-electron chi connectivity index (χ2n) is 3.86. The van der Waals surface area contributed by atoms with Gasteiger partial charge in [-0.05, 0) is 37.4 Å². The van der Waals surface area contributed by atoms with E-state index in [2.05, 4.69) is 47.8 Å². The van der Waals surface area contributed by atoms with Gasteiger partial charge in [-0.1, -0.05) is 42.5 Å². The fraction of sp³-hybridized carbons (Fsp3) is 0.385. The summed E-state index contributed by atoms with van der Waals surface area (Å²) in [6.45, 7) is 2.34. The molecule has 1 aliphatic heterocycles. The standard InChI is InChI=1S/C13H17N/c1-2-4-12(5-3-1)6-7-13-8-10-14-11-9-13/h1-7,13-14H,8-11H2/b7-6-. The van der Waals surface area contributed by atoms with E-state index in [1.807, 2.05) is 0 Å². The number of hydrogen-bond acceptors (Lipinski definition) is 1. The van der Waals surface area contributed by atoms with Crippen LogP contribution in [0.25, 0.3) is 6.08 Å². The molecule has 0 amide bonds. The predicted molar refractivity (Wildman–Crippen MR) is 61.1 cm³/mol. The van der Waals surface area contributed by atoms with Crippen molar-refractivity contribution in [3.05, 3.63) is 42.0 Å². The molecule has 14 heavy (non-hydrogen) atoms. The topological polar surface area (TPSA) is 12.0 Å². The highest BCUT2D eigenvalue weighted by Crippen LogP contribution is 2.14. The summed E-state index contributed by atoms with van der Waals surface area (Å²) in [6, 6.07) is 10.5. The molecular formula is C13H17N. The molecule has 0 spiro atoms. The van der Waals surface area contributed by atoms with Crippen LogP contribution in [-0.4, -0.2) is 13.1 Å². The molecule has 1 nitrogen and oxygen atoms in total. The van der Waals surface area contributed by atoms with E-state index in [1.54, 1.807) is 0 Å². The highest BCUT2D eigenvalue weighted by molar-refractivity contribution is 5.48. The van der Waals surface area contributed by atoms with Crippen LogP contribution in [0.1, 0.15) is 18.4 Å². The summed E-state index contributed by atoms with van der Waals surface area (Å²) in [5.41, 5.74) is 1.31. The normalized spacial score (nSPS) is 18.9. The third kappa shape index (κ3) is 2.71. The fourth-order valence-electron chi connectivity index (χ4n) is 1.85. The molecule has 0 radical (unpaired) electrons. The first-order valence-electron chi connectivity index (χ1n) is 5.39. The molecule has 1 N–H and O–H groups in total. The van der Waals surface area contributed by atoms with Crippen molar-refractivity contribution in [3.8, 4) is 0 Å². The summed E-state index contributed by atoms with van der Waals surface area (Å²) in [6.07, 6.45) is 7.17. The van der Waals surface area contributed by atoms with Crippen LogP contribution >= 0.6 is 0 Å². The van der Waals surface area contributed by atoms with E-state index in [9.17, 15) is 0 Å². The largest absolute Gasteiger partial charge is 0.317 e. The highest BCUT2D eigenvalue weighted by Gasteiger charge is 2.08. The molecule has 1 aromatic rings. The zero-order chi connectivity index (χ0) is 9.64. The zero-order valence-electron chi connectivity index (χ0n) is 8.45. The minimum Gasteiger partial charge on any atom is -0.317 e. The van der Waals surface area contributed by atoms with Crippen LogP contribution in [0, 0.1) is 5.92 Å². The van der Waals surface area contributed by atoms with Crippen LogP contribution in [-0.2, 0) is 0 Å². The Bertz CT molecular complexity index is 283. The SMILES string of the molecule is C(=C/C1CCNCC1)/c1ccccc1. The van der Waals surface area contributed by atoms with Crippen molar-refractivity contribution in [2.75, 3.05) is 13.1 Å². The van der Waals surface area contributed by atoms with E-state index >= 15 is 0 Å². The molecule has 1 heteroatoms. The van der Waals surface area contributed by atoms with E-state index in [0.717, 1.165) is 5.92 Å². The van der Waals surface area contributed by atoms with Gasteiger partial charge < -0.3 is 5.32 Å². The van der Waals surface area contributed by atoms with Gasteiger partial charge in [-0.2, -0.15) is 0 Å². The van der Waals surface area contributed by atoms with E-state index in [0.29, 0.717) is 0 Å². The molecule has 0 aliphatic carbocycles. The van der Waals surface area contributed by atoms with Gasteiger partial charge in [-0.15, -0.1) is 0 Å². The van der Waals surface area contributed by atoms with Crippen molar-refractivity contribution in [1.29, 1.82) is 0 Å². The Balaban J connectivity index is 1.93. The van der Waals surface area contributed by atoms with E-state index in [1.165, 1.54) is 31.5 Å². The smallest absolute Gasteiger partial charge is 0.00433 e. The van der Waals surface area contributed by atoms with Crippen molar-refractivity contribution in [2.45, 2.75) is 12.8 Å². The molecule has 0 atom stereocenters. The average molecular weight is 187 g/mol. The van der Waals surface area contributed by atoms with Gasteiger partial charge in [0.25, 0.3) is 0 Å². The van der Waals surface area contributed by atoms with Gasteiger partial charge >= 0.3 is 0 Å². The van der Waals surface area contributed by atoms with Gasteiger partial charge in [0.05, 0.1) is 0 Å². The van der Waals surface area contributed by atoms with Gasteiger partial charge in [0.1, 0.15) is 0 Å². The summed E-state index contributed by atoms with van der Waals surface area (Å²) in [5.74, 6) is 0.774. The molecule has 0 aromatic heterocycles. The minimum absolute atomic E-state index is 0.774. The van der Waals surface area contributed by atoms with Crippen LogP contribution in [0.3, 0.4) is 0 Å². The van der Waals surface area contributed by atoms with Crippen LogP contribution in [0.15, 0.2) is 36.4 Å². The molecule has 0 unspecified atom stereocenters. The summed E-state index contributed by atoms with van der Waals surface area (Å²) >= 11 is 0. The summed E-state index contributed by atoms with van der Waals surface area (Å²) < 4.78 is 0. The molecule has 1 fully saturated rings. The van der Waals surface area contributed by atoms with Gasteiger partial charge in [-0.25, -0.2) is 0 Å². The Kier molecular flexibility index (Phi) is 3.36. The van der Waals surface area contributed by atoms with Gasteiger partial charge in [-0.3, -0.25) is 0 Å². The molecule has 0 saturated carbocycles. The summed E-state index contributed by atoms with van der Waals surface area (Å²) in [7, 11) is 0. The lowest BCUT2D eigenvalue weighted by molar-refractivity contribution is 0.438. The van der Waals surface area contributed by atoms with Crippen LogP contribution < -0.4 is 5.32 Å². The molecular weight excluding hydrogens is 170 g/mol. The maximum absolute atomic E-state index is 3.38.